The minimum atomic E-state index is -5.00. The van der Waals surface area contributed by atoms with Crippen molar-refractivity contribution < 1.29 is 35.9 Å². The molecule has 2 fully saturated rings. The van der Waals surface area contributed by atoms with Crippen molar-refractivity contribution in [1.82, 2.24) is 9.80 Å². The lowest BCUT2D eigenvalue weighted by Crippen LogP contribution is -2.47. The van der Waals surface area contributed by atoms with Crippen LogP contribution in [0.4, 0.5) is 26.3 Å². The second-order valence-corrected chi connectivity index (χ2v) is 9.40. The van der Waals surface area contributed by atoms with Gasteiger partial charge >= 0.3 is 12.4 Å². The maximum absolute atomic E-state index is 13.3. The van der Waals surface area contributed by atoms with E-state index in [9.17, 15) is 31.1 Å². The lowest BCUT2D eigenvalue weighted by Gasteiger charge is -2.40. The van der Waals surface area contributed by atoms with E-state index < -0.39 is 35.0 Å². The summed E-state index contributed by atoms with van der Waals surface area (Å²) >= 11 is 0. The molecular weight excluding hydrogens is 474 g/mol. The molecule has 0 saturated carbocycles. The summed E-state index contributed by atoms with van der Waals surface area (Å²) in [4.78, 5) is 16.8. The zero-order chi connectivity index (χ0) is 25.4. The van der Waals surface area contributed by atoms with Crippen LogP contribution < -0.4 is 4.74 Å². The van der Waals surface area contributed by atoms with Gasteiger partial charge in [0.2, 0.25) is 0 Å². The van der Waals surface area contributed by atoms with Gasteiger partial charge in [-0.2, -0.15) is 26.3 Å². The number of alkyl halides is 6. The van der Waals surface area contributed by atoms with E-state index in [1.54, 1.807) is 7.11 Å². The highest BCUT2D eigenvalue weighted by molar-refractivity contribution is 5.94. The van der Waals surface area contributed by atoms with E-state index in [1.165, 1.54) is 4.90 Å². The molecule has 0 radical (unpaired) electrons. The number of piperidine rings is 1. The molecule has 2 aromatic rings. The number of benzene rings is 2. The number of para-hydroxylation sites is 1. The number of hydrogen-bond acceptors (Lipinski definition) is 3. The number of methoxy groups -OCH3 is 1. The first-order chi connectivity index (χ1) is 16.4. The Bertz CT molecular complexity index is 1050. The Kier molecular flexibility index (Phi) is 6.78. The van der Waals surface area contributed by atoms with E-state index in [2.05, 4.69) is 4.90 Å². The fourth-order valence-corrected chi connectivity index (χ4v) is 5.21. The summed E-state index contributed by atoms with van der Waals surface area (Å²) in [5, 5.41) is 0. The second-order valence-electron chi connectivity index (χ2n) is 9.40. The van der Waals surface area contributed by atoms with Crippen molar-refractivity contribution in [3.63, 3.8) is 0 Å². The second kappa shape index (κ2) is 9.37. The fourth-order valence-electron chi connectivity index (χ4n) is 5.21. The quantitative estimate of drug-likeness (QED) is 0.493. The monoisotopic (exact) mass is 500 g/mol. The van der Waals surface area contributed by atoms with Crippen molar-refractivity contribution in [3.8, 4) is 5.75 Å². The van der Waals surface area contributed by atoms with Crippen LogP contribution in [0.15, 0.2) is 42.5 Å². The predicted octanol–water partition coefficient (Wildman–Crippen LogP) is 5.86. The summed E-state index contributed by atoms with van der Waals surface area (Å²) in [7, 11) is 1.60. The molecule has 0 aliphatic carbocycles. The van der Waals surface area contributed by atoms with Gasteiger partial charge in [0.1, 0.15) is 5.75 Å². The molecule has 2 aromatic carbocycles. The number of carbonyl (C=O) groups excluding carboxylic acids is 1. The topological polar surface area (TPSA) is 32.8 Å². The molecule has 35 heavy (non-hydrogen) atoms. The summed E-state index contributed by atoms with van der Waals surface area (Å²) in [6.45, 7) is 2.71. The molecule has 4 rings (SSSR count). The fraction of sp³-hybridized carbons (Fsp3) is 0.480. The largest absolute Gasteiger partial charge is 0.496 e. The molecule has 0 N–H and O–H groups in total. The molecule has 1 spiro atoms. The van der Waals surface area contributed by atoms with Gasteiger partial charge in [-0.25, -0.2) is 0 Å². The molecule has 2 saturated heterocycles. The zero-order valence-corrected chi connectivity index (χ0v) is 19.2. The first-order valence-electron chi connectivity index (χ1n) is 11.3. The van der Waals surface area contributed by atoms with E-state index in [-0.39, 0.29) is 11.5 Å². The van der Waals surface area contributed by atoms with Crippen molar-refractivity contribution in [2.45, 2.75) is 38.2 Å². The average Bonchev–Trinajstić information content (AvgIpc) is 3.18. The number of nitrogens with zero attached hydrogens (tertiary/aromatic N) is 2. The van der Waals surface area contributed by atoms with Crippen molar-refractivity contribution in [2.75, 3.05) is 33.3 Å². The van der Waals surface area contributed by atoms with E-state index in [0.717, 1.165) is 30.7 Å². The first kappa shape index (κ1) is 25.3. The van der Waals surface area contributed by atoms with Gasteiger partial charge in [-0.05, 0) is 50.1 Å². The molecule has 2 aliphatic heterocycles. The minimum Gasteiger partial charge on any atom is -0.496 e. The van der Waals surface area contributed by atoms with E-state index in [1.807, 2.05) is 24.3 Å². The smallest absolute Gasteiger partial charge is 0.416 e. The molecule has 190 valence electrons. The van der Waals surface area contributed by atoms with Crippen molar-refractivity contribution in [2.24, 2.45) is 5.41 Å². The summed E-state index contributed by atoms with van der Waals surface area (Å²) < 4.78 is 84.9. The van der Waals surface area contributed by atoms with Crippen LogP contribution in [0.3, 0.4) is 0 Å². The molecule has 4 nitrogen and oxygen atoms in total. The van der Waals surface area contributed by atoms with Gasteiger partial charge < -0.3 is 9.64 Å². The molecule has 0 aromatic heterocycles. The van der Waals surface area contributed by atoms with E-state index in [4.69, 9.17) is 4.74 Å². The highest BCUT2D eigenvalue weighted by Gasteiger charge is 2.43. The van der Waals surface area contributed by atoms with Crippen LogP contribution in [0.5, 0.6) is 5.75 Å². The third-order valence-electron chi connectivity index (χ3n) is 6.89. The Morgan fingerprint density at radius 1 is 0.943 bits per heavy atom. The first-order valence-corrected chi connectivity index (χ1v) is 11.3. The maximum atomic E-state index is 13.3. The Morgan fingerprint density at radius 2 is 1.60 bits per heavy atom. The van der Waals surface area contributed by atoms with Crippen molar-refractivity contribution >= 4 is 5.91 Å². The number of amides is 1. The van der Waals surface area contributed by atoms with Crippen LogP contribution in [-0.4, -0.2) is 49.0 Å². The molecule has 2 aliphatic rings. The Morgan fingerprint density at radius 3 is 2.23 bits per heavy atom. The minimum absolute atomic E-state index is 0.0428. The van der Waals surface area contributed by atoms with Crippen LogP contribution in [0.25, 0.3) is 0 Å². The number of rotatable bonds is 4. The van der Waals surface area contributed by atoms with Gasteiger partial charge in [-0.3, -0.25) is 9.69 Å². The summed E-state index contributed by atoms with van der Waals surface area (Å²) in [5.74, 6) is -0.0252. The summed E-state index contributed by atoms with van der Waals surface area (Å²) in [5.41, 5.74) is -2.77. The number of carbonyl (C=O) groups is 1. The molecular formula is C25H26F6N2O2. The molecule has 1 atom stereocenters. The molecule has 2 heterocycles. The molecule has 0 unspecified atom stereocenters. The Balaban J connectivity index is 1.52. The SMILES string of the molecule is COc1ccccc1CN1CC[C@@]2(CCCN(C(=O)c3cc(C(F)(F)F)cc(C(F)(F)F)c3)C2)C1. The van der Waals surface area contributed by atoms with Gasteiger partial charge in [0.15, 0.2) is 0 Å². The van der Waals surface area contributed by atoms with Crippen LogP contribution >= 0.6 is 0 Å². The third-order valence-corrected chi connectivity index (χ3v) is 6.89. The Labute approximate surface area is 199 Å². The highest BCUT2D eigenvalue weighted by Crippen LogP contribution is 2.41. The Hall–Kier alpha value is -2.75. The predicted molar refractivity (Wildman–Crippen MR) is 117 cm³/mol. The highest BCUT2D eigenvalue weighted by atomic mass is 19.4. The molecule has 0 bridgehead atoms. The number of likely N-dealkylation sites (tertiary alicyclic amines) is 2. The van der Waals surface area contributed by atoms with Gasteiger partial charge in [0.25, 0.3) is 5.91 Å². The summed E-state index contributed by atoms with van der Waals surface area (Å²) in [6, 6.07) is 8.74. The van der Waals surface area contributed by atoms with Gasteiger partial charge in [0.05, 0.1) is 18.2 Å². The van der Waals surface area contributed by atoms with Crippen molar-refractivity contribution in [3.05, 3.63) is 64.7 Å². The van der Waals surface area contributed by atoms with Gasteiger partial charge in [0, 0.05) is 42.7 Å². The molecule has 1 amide bonds. The zero-order valence-electron chi connectivity index (χ0n) is 19.2. The van der Waals surface area contributed by atoms with Crippen LogP contribution in [0.2, 0.25) is 0 Å². The normalized spacial score (nSPS) is 21.5. The summed E-state index contributed by atoms with van der Waals surface area (Å²) in [6.07, 6.45) is -7.72. The van der Waals surface area contributed by atoms with Gasteiger partial charge in [-0.15, -0.1) is 0 Å². The van der Waals surface area contributed by atoms with E-state index >= 15 is 0 Å². The van der Waals surface area contributed by atoms with Crippen LogP contribution in [-0.2, 0) is 18.9 Å². The average molecular weight is 500 g/mol. The number of halogens is 6. The lowest BCUT2D eigenvalue weighted by atomic mass is 9.79. The molecule has 10 heteroatoms. The van der Waals surface area contributed by atoms with Crippen molar-refractivity contribution in [1.29, 1.82) is 0 Å². The lowest BCUT2D eigenvalue weighted by molar-refractivity contribution is -0.143. The number of ether oxygens (including phenoxy) is 1. The van der Waals surface area contributed by atoms with Crippen LogP contribution in [0.1, 0.15) is 46.3 Å². The standard InChI is InChI=1S/C25H26F6N2O2/c1-35-21-6-3-2-5-17(21)14-32-10-8-23(15-32)7-4-9-33(16-23)22(34)18-11-19(24(26,27)28)13-20(12-18)25(29,30)31/h2-3,5-6,11-13H,4,7-10,14-16H2,1H3/t23-/m0/s1. The van der Waals surface area contributed by atoms with Crippen LogP contribution in [0, 0.1) is 5.41 Å². The number of hydrogen-bond donors (Lipinski definition) is 0. The van der Waals surface area contributed by atoms with Gasteiger partial charge in [-0.1, -0.05) is 18.2 Å². The van der Waals surface area contributed by atoms with E-state index in [0.29, 0.717) is 44.7 Å². The third kappa shape index (κ3) is 5.58. The maximum Gasteiger partial charge on any atom is 0.416 e.